The van der Waals surface area contributed by atoms with E-state index in [9.17, 15) is 9.59 Å². The van der Waals surface area contributed by atoms with E-state index >= 15 is 0 Å². The summed E-state index contributed by atoms with van der Waals surface area (Å²) >= 11 is 0. The molecule has 2 amide bonds. The van der Waals surface area contributed by atoms with Gasteiger partial charge in [-0.3, -0.25) is 19.3 Å². The van der Waals surface area contributed by atoms with Gasteiger partial charge < -0.3 is 10.6 Å². The smallest absolute Gasteiger partial charge is 0.223 e. The number of carbonyl (C=O) groups excluding carboxylic acids is 2. The molecular formula is C32H60N4O4. The number of nitrogens with one attached hydrogen (secondary N) is 2. The van der Waals surface area contributed by atoms with Crippen LogP contribution in [0, 0.1) is 11.8 Å². The fourth-order valence-corrected chi connectivity index (χ4v) is 8.05. The van der Waals surface area contributed by atoms with Crippen molar-refractivity contribution < 1.29 is 19.3 Å². The molecule has 2 heterocycles. The molecule has 0 unspecified atom stereocenters. The highest BCUT2D eigenvalue weighted by Gasteiger charge is 2.48. The van der Waals surface area contributed by atoms with E-state index in [1.807, 2.05) is 0 Å². The van der Waals surface area contributed by atoms with Crippen molar-refractivity contribution in [1.29, 1.82) is 0 Å². The fourth-order valence-electron chi connectivity index (χ4n) is 8.05. The van der Waals surface area contributed by atoms with Gasteiger partial charge in [0.05, 0.1) is 13.2 Å². The van der Waals surface area contributed by atoms with Crippen molar-refractivity contribution >= 4 is 11.8 Å². The summed E-state index contributed by atoms with van der Waals surface area (Å²) in [6, 6.07) is 0.248. The highest BCUT2D eigenvalue weighted by Crippen LogP contribution is 2.40. The zero-order valence-corrected chi connectivity index (χ0v) is 27.3. The van der Waals surface area contributed by atoms with Gasteiger partial charge in [-0.15, -0.1) is 0 Å². The summed E-state index contributed by atoms with van der Waals surface area (Å²) in [7, 11) is 0. The molecule has 40 heavy (non-hydrogen) atoms. The van der Waals surface area contributed by atoms with Gasteiger partial charge in [-0.05, 0) is 120 Å². The monoisotopic (exact) mass is 564 g/mol. The lowest BCUT2D eigenvalue weighted by atomic mass is 9.77. The highest BCUT2D eigenvalue weighted by atomic mass is 16.7. The Labute approximate surface area is 244 Å². The average Bonchev–Trinajstić information content (AvgIpc) is 2.81. The Morgan fingerprint density at radius 3 is 1.12 bits per heavy atom. The Morgan fingerprint density at radius 2 is 0.875 bits per heavy atom. The van der Waals surface area contributed by atoms with Crippen molar-refractivity contribution in [2.45, 2.75) is 168 Å². The zero-order valence-electron chi connectivity index (χ0n) is 27.3. The molecule has 0 radical (unpaired) electrons. The van der Waals surface area contributed by atoms with Crippen LogP contribution >= 0.6 is 0 Å². The molecule has 0 aromatic carbocycles. The van der Waals surface area contributed by atoms with Crippen molar-refractivity contribution in [2.75, 3.05) is 13.2 Å². The Balaban J connectivity index is 1.49. The summed E-state index contributed by atoms with van der Waals surface area (Å²) in [5.74, 6) is 0.283. The molecule has 0 bridgehead atoms. The van der Waals surface area contributed by atoms with Gasteiger partial charge in [0, 0.05) is 46.1 Å². The lowest BCUT2D eigenvalue weighted by Gasteiger charge is -2.54. The van der Waals surface area contributed by atoms with E-state index in [4.69, 9.17) is 9.68 Å². The minimum atomic E-state index is -0.161. The van der Waals surface area contributed by atoms with Crippen LogP contribution in [0.15, 0.2) is 0 Å². The Bertz CT molecular complexity index is 757. The number of rotatable bonds is 10. The predicted octanol–water partition coefficient (Wildman–Crippen LogP) is 5.75. The molecule has 3 rings (SSSR count). The molecule has 3 fully saturated rings. The van der Waals surface area contributed by atoms with E-state index in [0.717, 1.165) is 64.2 Å². The van der Waals surface area contributed by atoms with Crippen LogP contribution < -0.4 is 10.6 Å². The Morgan fingerprint density at radius 1 is 0.600 bits per heavy atom. The predicted molar refractivity (Wildman–Crippen MR) is 160 cm³/mol. The summed E-state index contributed by atoms with van der Waals surface area (Å²) in [4.78, 5) is 38.9. The molecule has 2 aliphatic heterocycles. The normalized spacial score (nSPS) is 29.1. The SMILES string of the molecule is CCCON1C(C)(C)CC(NC(=O)C2CCC(C(=O)NC3CC(C)(C)N(OCCC)C(C)(C)C3)CC2)CC1(C)C. The third kappa shape index (κ3) is 7.99. The average molecular weight is 565 g/mol. The fraction of sp³-hybridized carbons (Fsp3) is 0.938. The minimum absolute atomic E-state index is 0.0125. The van der Waals surface area contributed by atoms with E-state index in [1.165, 1.54) is 0 Å². The number of hydrogen-bond donors (Lipinski definition) is 2. The standard InChI is InChI=1S/C32H60N4O4/c1-11-17-39-35-29(3,4)19-25(20-30(35,5)6)33-27(37)23-13-15-24(16-14-23)28(38)34-26-21-31(7,8)36(40-18-12-2)32(9,10)22-26/h23-26H,11-22H2,1-10H3,(H,33,37)(H,34,38). The number of nitrogens with zero attached hydrogens (tertiary/aromatic N) is 2. The second kappa shape index (κ2) is 13.0. The molecule has 2 N–H and O–H groups in total. The summed E-state index contributed by atoms with van der Waals surface area (Å²) < 4.78 is 0. The van der Waals surface area contributed by atoms with Crippen LogP contribution in [-0.4, -0.2) is 69.4 Å². The van der Waals surface area contributed by atoms with E-state index in [0.29, 0.717) is 13.2 Å². The molecule has 2 saturated heterocycles. The van der Waals surface area contributed by atoms with Crippen LogP contribution in [0.4, 0.5) is 0 Å². The van der Waals surface area contributed by atoms with Crippen LogP contribution in [0.1, 0.15) is 133 Å². The summed E-state index contributed by atoms with van der Waals surface area (Å²) in [6.45, 7) is 23.3. The van der Waals surface area contributed by atoms with Gasteiger partial charge in [0.2, 0.25) is 11.8 Å². The van der Waals surface area contributed by atoms with Crippen molar-refractivity contribution in [2.24, 2.45) is 11.8 Å². The first-order valence-electron chi connectivity index (χ1n) is 16.0. The highest BCUT2D eigenvalue weighted by molar-refractivity contribution is 5.81. The minimum Gasteiger partial charge on any atom is -0.353 e. The molecule has 8 heteroatoms. The molecule has 3 aliphatic rings. The van der Waals surface area contributed by atoms with E-state index in [2.05, 4.69) is 90.0 Å². The maximum atomic E-state index is 13.3. The number of hydroxylamine groups is 4. The molecule has 1 saturated carbocycles. The van der Waals surface area contributed by atoms with Crippen molar-refractivity contribution in [1.82, 2.24) is 20.8 Å². The second-order valence-corrected chi connectivity index (χ2v) is 15.3. The van der Waals surface area contributed by atoms with Gasteiger partial charge >= 0.3 is 0 Å². The van der Waals surface area contributed by atoms with Crippen molar-refractivity contribution in [3.8, 4) is 0 Å². The van der Waals surface area contributed by atoms with Crippen LogP contribution in [0.2, 0.25) is 0 Å². The number of carbonyl (C=O) groups is 2. The lowest BCUT2D eigenvalue weighted by molar-refractivity contribution is -0.283. The zero-order chi connectivity index (χ0) is 29.9. The second-order valence-electron chi connectivity index (χ2n) is 15.3. The maximum absolute atomic E-state index is 13.3. The molecule has 8 nitrogen and oxygen atoms in total. The van der Waals surface area contributed by atoms with E-state index in [-0.39, 0.29) is 57.9 Å². The van der Waals surface area contributed by atoms with Gasteiger partial charge in [0.25, 0.3) is 0 Å². The topological polar surface area (TPSA) is 83.1 Å². The molecule has 1 aliphatic carbocycles. The lowest BCUT2D eigenvalue weighted by Crippen LogP contribution is -2.64. The first-order chi connectivity index (χ1) is 18.5. The summed E-state index contributed by atoms with van der Waals surface area (Å²) in [5, 5.41) is 11.1. The summed E-state index contributed by atoms with van der Waals surface area (Å²) in [5.41, 5.74) is -0.643. The molecule has 0 aromatic rings. The molecule has 0 spiro atoms. The molecule has 232 valence electrons. The van der Waals surface area contributed by atoms with Crippen LogP contribution in [0.25, 0.3) is 0 Å². The number of amides is 2. The van der Waals surface area contributed by atoms with Crippen LogP contribution in [-0.2, 0) is 19.3 Å². The van der Waals surface area contributed by atoms with Gasteiger partial charge in [-0.1, -0.05) is 13.8 Å². The van der Waals surface area contributed by atoms with Gasteiger partial charge in [0.1, 0.15) is 0 Å². The first-order valence-corrected chi connectivity index (χ1v) is 16.0. The van der Waals surface area contributed by atoms with Crippen molar-refractivity contribution in [3.63, 3.8) is 0 Å². The molecule has 0 aromatic heterocycles. The molecule has 0 atom stereocenters. The Hall–Kier alpha value is -1.22. The van der Waals surface area contributed by atoms with Crippen LogP contribution in [0.3, 0.4) is 0 Å². The number of piperidine rings is 2. The Kier molecular flexibility index (Phi) is 10.8. The molecular weight excluding hydrogens is 504 g/mol. The summed E-state index contributed by atoms with van der Waals surface area (Å²) in [6.07, 6.45) is 8.49. The first kappa shape index (κ1) is 33.3. The largest absolute Gasteiger partial charge is 0.353 e. The number of hydrogen-bond acceptors (Lipinski definition) is 6. The maximum Gasteiger partial charge on any atom is 0.223 e. The van der Waals surface area contributed by atoms with E-state index < -0.39 is 0 Å². The van der Waals surface area contributed by atoms with E-state index in [1.54, 1.807) is 0 Å². The van der Waals surface area contributed by atoms with Crippen LogP contribution in [0.5, 0.6) is 0 Å². The quantitative estimate of drug-likeness (QED) is 0.352. The third-order valence-corrected chi connectivity index (χ3v) is 9.19. The van der Waals surface area contributed by atoms with Gasteiger partial charge in [-0.25, -0.2) is 0 Å². The van der Waals surface area contributed by atoms with Gasteiger partial charge in [0.15, 0.2) is 0 Å². The van der Waals surface area contributed by atoms with Gasteiger partial charge in [-0.2, -0.15) is 10.1 Å². The third-order valence-electron chi connectivity index (χ3n) is 9.19. The van der Waals surface area contributed by atoms with Crippen molar-refractivity contribution in [3.05, 3.63) is 0 Å².